The van der Waals surface area contributed by atoms with Crippen LogP contribution in [0.2, 0.25) is 5.02 Å². The monoisotopic (exact) mass is 564 g/mol. The van der Waals surface area contributed by atoms with Crippen LogP contribution in [0, 0.1) is 0 Å². The third-order valence-corrected chi connectivity index (χ3v) is 6.39. The van der Waals surface area contributed by atoms with Gasteiger partial charge in [-0.15, -0.1) is 0 Å². The number of anilines is 2. The Bertz CT molecular complexity index is 1770. The van der Waals surface area contributed by atoms with E-state index in [1.165, 1.54) is 29.2 Å². The van der Waals surface area contributed by atoms with Gasteiger partial charge in [0.05, 0.1) is 22.6 Å². The average Bonchev–Trinajstić information content (AvgIpc) is 3.28. The van der Waals surface area contributed by atoms with E-state index in [1.54, 1.807) is 36.5 Å². The van der Waals surface area contributed by atoms with E-state index in [4.69, 9.17) is 17.3 Å². The van der Waals surface area contributed by atoms with Crippen molar-refractivity contribution in [3.8, 4) is 16.9 Å². The van der Waals surface area contributed by atoms with E-state index >= 15 is 0 Å². The molecular weight excluding hydrogens is 542 g/mol. The number of hydrogen-bond donors (Lipinski definition) is 2. The maximum absolute atomic E-state index is 13.2. The average molecular weight is 565 g/mol. The van der Waals surface area contributed by atoms with Gasteiger partial charge in [-0.05, 0) is 41.8 Å². The predicted octanol–water partition coefficient (Wildman–Crippen LogP) is 4.92. The number of nitrogens with two attached hydrogens (primary N) is 1. The van der Waals surface area contributed by atoms with Crippen LogP contribution in [0.5, 0.6) is 0 Å². The second-order valence-corrected chi connectivity index (χ2v) is 9.70. The van der Waals surface area contributed by atoms with Crippen LogP contribution in [0.1, 0.15) is 35.8 Å². The molecule has 10 nitrogen and oxygen atoms in total. The lowest BCUT2D eigenvalue weighted by Crippen LogP contribution is -2.31. The molecule has 0 bridgehead atoms. The highest BCUT2D eigenvalue weighted by molar-refractivity contribution is 6.30. The number of nitrogens with one attached hydrogen (secondary N) is 1. The highest BCUT2D eigenvalue weighted by atomic mass is 35.5. The molecule has 1 amide bonds. The van der Waals surface area contributed by atoms with Gasteiger partial charge in [-0.3, -0.25) is 9.59 Å². The zero-order valence-electron chi connectivity index (χ0n) is 21.3. The first-order valence-corrected chi connectivity index (χ1v) is 12.6. The van der Waals surface area contributed by atoms with Gasteiger partial charge in [0, 0.05) is 23.6 Å². The molecule has 204 valence electrons. The summed E-state index contributed by atoms with van der Waals surface area (Å²) in [5.41, 5.74) is 7.75. The van der Waals surface area contributed by atoms with Gasteiger partial charge >= 0.3 is 0 Å². The van der Waals surface area contributed by atoms with E-state index in [9.17, 15) is 18.4 Å². The number of nitrogens with zero attached hydrogens (tertiary/aromatic N) is 6. The van der Waals surface area contributed by atoms with Gasteiger partial charge in [-0.2, -0.15) is 9.78 Å². The Morgan fingerprint density at radius 3 is 2.50 bits per heavy atom. The highest BCUT2D eigenvalue weighted by Gasteiger charge is 2.20. The fourth-order valence-electron chi connectivity index (χ4n) is 4.19. The number of pyridine rings is 1. The standard InChI is InChI=1S/C27H23ClF2N8O2/c1-14(2)20-9-18(27(40)38(36-20)22-8-5-16(28)10-32-22)26(39)35-17-6-3-15(4-7-17)19-11-37(12-21(29)30)25-23(19)24(31)33-13-34-25/h3-11,13-14,21H,12H2,1-2H3,(H,35,39)(H2,31,33,34). The van der Waals surface area contributed by atoms with Crippen molar-refractivity contribution < 1.29 is 13.6 Å². The number of nitrogen functional groups attached to an aromatic ring is 1. The molecule has 0 saturated carbocycles. The minimum absolute atomic E-state index is 0.0754. The third-order valence-electron chi connectivity index (χ3n) is 6.17. The van der Waals surface area contributed by atoms with E-state index in [0.717, 1.165) is 4.68 Å². The van der Waals surface area contributed by atoms with Gasteiger partial charge < -0.3 is 15.6 Å². The summed E-state index contributed by atoms with van der Waals surface area (Å²) in [6.45, 7) is 3.24. The van der Waals surface area contributed by atoms with E-state index in [-0.39, 0.29) is 23.1 Å². The number of carbonyl (C=O) groups is 1. The molecule has 4 heterocycles. The van der Waals surface area contributed by atoms with Crippen molar-refractivity contribution in [1.82, 2.24) is 29.3 Å². The van der Waals surface area contributed by atoms with Crippen molar-refractivity contribution in [2.75, 3.05) is 11.1 Å². The Morgan fingerprint density at radius 2 is 1.85 bits per heavy atom. The number of alkyl halides is 2. The van der Waals surface area contributed by atoms with Gasteiger partial charge in [0.1, 0.15) is 23.4 Å². The first kappa shape index (κ1) is 26.9. The van der Waals surface area contributed by atoms with Crippen LogP contribution in [0.4, 0.5) is 20.3 Å². The molecule has 0 spiro atoms. The molecule has 0 aliphatic heterocycles. The van der Waals surface area contributed by atoms with Gasteiger partial charge in [0.2, 0.25) is 0 Å². The summed E-state index contributed by atoms with van der Waals surface area (Å²) in [7, 11) is 0. The zero-order valence-corrected chi connectivity index (χ0v) is 22.1. The van der Waals surface area contributed by atoms with Crippen LogP contribution >= 0.6 is 11.6 Å². The number of carbonyl (C=O) groups excluding carboxylic acids is 1. The summed E-state index contributed by atoms with van der Waals surface area (Å²) in [4.78, 5) is 38.7. The van der Waals surface area contributed by atoms with E-state index in [2.05, 4.69) is 25.4 Å². The number of halogens is 3. The van der Waals surface area contributed by atoms with Gasteiger partial charge in [0.15, 0.2) is 5.82 Å². The summed E-state index contributed by atoms with van der Waals surface area (Å²) < 4.78 is 28.7. The fourth-order valence-corrected chi connectivity index (χ4v) is 4.30. The van der Waals surface area contributed by atoms with Crippen molar-refractivity contribution in [2.24, 2.45) is 0 Å². The topological polar surface area (TPSA) is 134 Å². The second-order valence-electron chi connectivity index (χ2n) is 9.26. The van der Waals surface area contributed by atoms with Gasteiger partial charge in [-0.1, -0.05) is 37.6 Å². The van der Waals surface area contributed by atoms with E-state index < -0.39 is 24.4 Å². The maximum atomic E-state index is 13.2. The minimum Gasteiger partial charge on any atom is -0.383 e. The van der Waals surface area contributed by atoms with Gasteiger partial charge in [-0.25, -0.2) is 23.7 Å². The molecule has 5 aromatic rings. The van der Waals surface area contributed by atoms with Crippen molar-refractivity contribution in [3.63, 3.8) is 0 Å². The molecule has 5 rings (SSSR count). The molecular formula is C27H23ClF2N8O2. The normalized spacial score (nSPS) is 11.5. The van der Waals surface area contributed by atoms with E-state index in [1.807, 2.05) is 13.8 Å². The van der Waals surface area contributed by atoms with Gasteiger partial charge in [0.25, 0.3) is 17.9 Å². The maximum Gasteiger partial charge on any atom is 0.285 e. The SMILES string of the molecule is CC(C)c1cc(C(=O)Nc2ccc(-c3cn(CC(F)F)c4ncnc(N)c34)cc2)c(=O)n(-c2ccc(Cl)cn2)n1. The fraction of sp³-hybridized carbons (Fsp3) is 0.185. The Hall–Kier alpha value is -4.71. The molecule has 13 heteroatoms. The van der Waals surface area contributed by atoms with E-state index in [0.29, 0.717) is 38.6 Å². The summed E-state index contributed by atoms with van der Waals surface area (Å²) >= 11 is 5.92. The summed E-state index contributed by atoms with van der Waals surface area (Å²) in [5.74, 6) is -0.315. The van der Waals surface area contributed by atoms with Crippen LogP contribution in [0.15, 0.2) is 66.0 Å². The first-order chi connectivity index (χ1) is 19.1. The number of benzene rings is 1. The first-order valence-electron chi connectivity index (χ1n) is 12.2. The predicted molar refractivity (Wildman–Crippen MR) is 148 cm³/mol. The molecule has 0 aliphatic rings. The number of rotatable bonds is 7. The lowest BCUT2D eigenvalue weighted by atomic mass is 10.1. The smallest absolute Gasteiger partial charge is 0.285 e. The van der Waals surface area contributed by atoms with Crippen LogP contribution < -0.4 is 16.6 Å². The molecule has 40 heavy (non-hydrogen) atoms. The molecule has 4 aromatic heterocycles. The molecule has 0 saturated heterocycles. The quantitative estimate of drug-likeness (QED) is 0.287. The number of amides is 1. The molecule has 3 N–H and O–H groups in total. The molecule has 0 radical (unpaired) electrons. The molecule has 1 aromatic carbocycles. The number of fused-ring (bicyclic) bond motifs is 1. The number of hydrogen-bond acceptors (Lipinski definition) is 7. The second kappa shape index (κ2) is 10.8. The van der Waals surface area contributed by atoms with Crippen molar-refractivity contribution in [3.05, 3.63) is 87.8 Å². The Balaban J connectivity index is 1.47. The number of aromatic nitrogens is 6. The van der Waals surface area contributed by atoms with Crippen LogP contribution in [0.25, 0.3) is 28.0 Å². The lowest BCUT2D eigenvalue weighted by molar-refractivity contribution is 0.102. The van der Waals surface area contributed by atoms with Crippen LogP contribution in [-0.2, 0) is 6.54 Å². The Morgan fingerprint density at radius 1 is 1.10 bits per heavy atom. The van der Waals surface area contributed by atoms with Crippen molar-refractivity contribution >= 4 is 40.0 Å². The summed E-state index contributed by atoms with van der Waals surface area (Å²) in [5, 5.41) is 7.95. The third kappa shape index (κ3) is 5.25. The van der Waals surface area contributed by atoms with Crippen LogP contribution in [-0.4, -0.2) is 41.6 Å². The molecule has 0 fully saturated rings. The highest BCUT2D eigenvalue weighted by Crippen LogP contribution is 2.33. The zero-order chi connectivity index (χ0) is 28.6. The van der Waals surface area contributed by atoms with Crippen molar-refractivity contribution in [1.29, 1.82) is 0 Å². The largest absolute Gasteiger partial charge is 0.383 e. The molecule has 0 unspecified atom stereocenters. The van der Waals surface area contributed by atoms with Crippen LogP contribution in [0.3, 0.4) is 0 Å². The van der Waals surface area contributed by atoms with Crippen molar-refractivity contribution in [2.45, 2.75) is 32.7 Å². The lowest BCUT2D eigenvalue weighted by Gasteiger charge is -2.12. The summed E-state index contributed by atoms with van der Waals surface area (Å²) in [6, 6.07) is 11.2. The Labute approximate surface area is 231 Å². The molecule has 0 atom stereocenters. The Kier molecular flexibility index (Phi) is 7.26. The minimum atomic E-state index is -2.58. The molecule has 0 aliphatic carbocycles. The summed E-state index contributed by atoms with van der Waals surface area (Å²) in [6.07, 6.45) is 1.58.